The molecule has 1 aliphatic heterocycles. The number of hydrogen-bond acceptors (Lipinski definition) is 9. The van der Waals surface area contributed by atoms with Crippen molar-refractivity contribution < 1.29 is 18.7 Å². The topological polar surface area (TPSA) is 90.6 Å². The van der Waals surface area contributed by atoms with E-state index >= 15 is 0 Å². The van der Waals surface area contributed by atoms with Crippen molar-refractivity contribution in [2.75, 3.05) is 11.7 Å². The molecular weight excluding hydrogens is 460 g/mol. The molecule has 4 aromatic rings. The van der Waals surface area contributed by atoms with E-state index in [1.807, 2.05) is 47.8 Å². The van der Waals surface area contributed by atoms with Gasteiger partial charge in [0.2, 0.25) is 18.6 Å². The molecule has 0 radical (unpaired) electrons. The molecule has 0 fully saturated rings. The molecule has 33 heavy (non-hydrogen) atoms. The van der Waals surface area contributed by atoms with E-state index in [4.69, 9.17) is 13.9 Å². The van der Waals surface area contributed by atoms with Crippen LogP contribution in [0.2, 0.25) is 0 Å². The van der Waals surface area contributed by atoms with Crippen LogP contribution in [0.25, 0.3) is 11.5 Å². The minimum absolute atomic E-state index is 0.0851. The number of fused-ring (bicyclic) bond motifs is 1. The van der Waals surface area contributed by atoms with E-state index in [1.54, 1.807) is 11.8 Å². The van der Waals surface area contributed by atoms with Crippen LogP contribution in [0.5, 0.6) is 11.5 Å². The quantitative estimate of drug-likeness (QED) is 0.322. The number of anilines is 2. The number of thioether (sulfide) groups is 1. The molecule has 3 heterocycles. The Morgan fingerprint density at radius 2 is 1.94 bits per heavy atom. The first-order chi connectivity index (χ1) is 16.1. The summed E-state index contributed by atoms with van der Waals surface area (Å²) in [6.07, 6.45) is 0.949. The number of ether oxygens (including phenoxy) is 2. The Morgan fingerprint density at radius 1 is 1.12 bits per heavy atom. The van der Waals surface area contributed by atoms with Gasteiger partial charge in [-0.1, -0.05) is 30.8 Å². The third kappa shape index (κ3) is 4.57. The lowest BCUT2D eigenvalue weighted by Gasteiger charge is -2.18. The highest BCUT2D eigenvalue weighted by Gasteiger charge is 2.19. The summed E-state index contributed by atoms with van der Waals surface area (Å²) in [5.74, 6) is 2.23. The monoisotopic (exact) mass is 480 g/mol. The second-order valence-corrected chi connectivity index (χ2v) is 8.99. The van der Waals surface area contributed by atoms with Crippen LogP contribution >= 0.6 is 23.1 Å². The summed E-state index contributed by atoms with van der Waals surface area (Å²) in [4.78, 5) is 18.6. The Bertz CT molecular complexity index is 1290. The van der Waals surface area contributed by atoms with Gasteiger partial charge in [0.05, 0.1) is 11.4 Å². The van der Waals surface area contributed by atoms with Gasteiger partial charge in [-0.25, -0.2) is 4.98 Å². The number of nitrogens with zero attached hydrogens (tertiary/aromatic N) is 4. The number of hydrogen-bond donors (Lipinski definition) is 0. The SMILES string of the molecule is CCc1ccc(N(C(C)=O)c2nc(CSc3nnc(-c4ccc5c(c4)OCO5)o3)cs2)cc1. The minimum Gasteiger partial charge on any atom is -0.454 e. The molecule has 0 bridgehead atoms. The van der Waals surface area contributed by atoms with Crippen LogP contribution in [-0.4, -0.2) is 27.9 Å². The molecule has 1 aliphatic rings. The van der Waals surface area contributed by atoms with Gasteiger partial charge < -0.3 is 13.9 Å². The van der Waals surface area contributed by atoms with Crippen molar-refractivity contribution in [3.63, 3.8) is 0 Å². The molecule has 10 heteroatoms. The van der Waals surface area contributed by atoms with Crippen molar-refractivity contribution in [3.05, 3.63) is 59.1 Å². The van der Waals surface area contributed by atoms with E-state index in [-0.39, 0.29) is 12.7 Å². The van der Waals surface area contributed by atoms with Crippen LogP contribution in [0, 0.1) is 0 Å². The van der Waals surface area contributed by atoms with Crippen LogP contribution in [0.15, 0.2) is 57.5 Å². The van der Waals surface area contributed by atoms with E-state index in [1.165, 1.54) is 28.7 Å². The molecule has 1 amide bonds. The Labute approximate surface area is 198 Å². The van der Waals surface area contributed by atoms with Crippen molar-refractivity contribution in [1.82, 2.24) is 15.2 Å². The predicted octanol–water partition coefficient (Wildman–Crippen LogP) is 5.46. The summed E-state index contributed by atoms with van der Waals surface area (Å²) in [6.45, 7) is 3.86. The number of carbonyl (C=O) groups excluding carboxylic acids is 1. The fourth-order valence-electron chi connectivity index (χ4n) is 3.32. The maximum atomic E-state index is 12.3. The highest BCUT2D eigenvalue weighted by atomic mass is 32.2. The Hall–Kier alpha value is -3.37. The van der Waals surface area contributed by atoms with Gasteiger partial charge in [0.25, 0.3) is 5.22 Å². The molecule has 8 nitrogen and oxygen atoms in total. The van der Waals surface area contributed by atoms with Gasteiger partial charge in [0, 0.05) is 23.6 Å². The number of aryl methyl sites for hydroxylation is 1. The van der Waals surface area contributed by atoms with Gasteiger partial charge in [-0.2, -0.15) is 0 Å². The summed E-state index contributed by atoms with van der Waals surface area (Å²) in [5.41, 5.74) is 3.62. The number of carbonyl (C=O) groups is 1. The first-order valence-corrected chi connectivity index (χ1v) is 12.2. The smallest absolute Gasteiger partial charge is 0.277 e. The van der Waals surface area contributed by atoms with E-state index in [0.29, 0.717) is 33.5 Å². The minimum atomic E-state index is -0.0851. The third-order valence-corrected chi connectivity index (χ3v) is 6.74. The van der Waals surface area contributed by atoms with E-state index < -0.39 is 0 Å². The highest BCUT2D eigenvalue weighted by Crippen LogP contribution is 2.36. The fraction of sp³-hybridized carbons (Fsp3) is 0.217. The maximum Gasteiger partial charge on any atom is 0.277 e. The molecule has 0 saturated carbocycles. The second kappa shape index (κ2) is 9.24. The summed E-state index contributed by atoms with van der Waals surface area (Å²) in [6, 6.07) is 13.5. The summed E-state index contributed by atoms with van der Waals surface area (Å²) in [7, 11) is 0. The zero-order valence-electron chi connectivity index (χ0n) is 18.0. The van der Waals surface area contributed by atoms with Crippen LogP contribution in [0.1, 0.15) is 25.1 Å². The Kier molecular flexibility index (Phi) is 6.01. The molecular formula is C23H20N4O4S2. The van der Waals surface area contributed by atoms with Gasteiger partial charge in [-0.05, 0) is 42.3 Å². The highest BCUT2D eigenvalue weighted by molar-refractivity contribution is 7.98. The van der Waals surface area contributed by atoms with E-state index in [2.05, 4.69) is 22.1 Å². The third-order valence-electron chi connectivity index (χ3n) is 5.02. The molecule has 168 valence electrons. The Balaban J connectivity index is 1.27. The number of rotatable bonds is 7. The molecule has 0 atom stereocenters. The number of aromatic nitrogens is 3. The molecule has 5 rings (SSSR count). The molecule has 0 N–H and O–H groups in total. The van der Waals surface area contributed by atoms with Gasteiger partial charge in [0.15, 0.2) is 16.6 Å². The predicted molar refractivity (Wildman–Crippen MR) is 126 cm³/mol. The molecule has 0 spiro atoms. The van der Waals surface area contributed by atoms with Crippen molar-refractivity contribution in [3.8, 4) is 23.0 Å². The van der Waals surface area contributed by atoms with Gasteiger partial charge in [-0.3, -0.25) is 9.69 Å². The van der Waals surface area contributed by atoms with E-state index in [0.717, 1.165) is 23.4 Å². The lowest BCUT2D eigenvalue weighted by Crippen LogP contribution is -2.22. The summed E-state index contributed by atoms with van der Waals surface area (Å²) in [5, 5.41) is 11.3. The molecule has 0 unspecified atom stereocenters. The van der Waals surface area contributed by atoms with Gasteiger partial charge >= 0.3 is 0 Å². The zero-order valence-corrected chi connectivity index (χ0v) is 19.6. The first kappa shape index (κ1) is 21.5. The first-order valence-electron chi connectivity index (χ1n) is 10.3. The lowest BCUT2D eigenvalue weighted by molar-refractivity contribution is -0.115. The van der Waals surface area contributed by atoms with Crippen LogP contribution in [-0.2, 0) is 17.0 Å². The average Bonchev–Trinajstić information content (AvgIpc) is 3.58. The fourth-order valence-corrected chi connectivity index (χ4v) is 4.97. The van der Waals surface area contributed by atoms with Crippen molar-refractivity contribution in [1.29, 1.82) is 0 Å². The Morgan fingerprint density at radius 3 is 2.73 bits per heavy atom. The van der Waals surface area contributed by atoms with Crippen molar-refractivity contribution in [2.45, 2.75) is 31.2 Å². The standard InChI is InChI=1S/C23H20N4O4S2/c1-3-15-4-7-18(8-5-15)27(14(2)28)22-24-17(11-32-22)12-33-23-26-25-21(31-23)16-6-9-19-20(10-16)30-13-29-19/h4-11H,3,12-13H2,1-2H3. The van der Waals surface area contributed by atoms with Crippen LogP contribution in [0.4, 0.5) is 10.8 Å². The van der Waals surface area contributed by atoms with Crippen molar-refractivity contribution in [2.24, 2.45) is 0 Å². The second-order valence-electron chi connectivity index (χ2n) is 7.23. The lowest BCUT2D eigenvalue weighted by atomic mass is 10.1. The molecule has 2 aromatic carbocycles. The maximum absolute atomic E-state index is 12.3. The van der Waals surface area contributed by atoms with Crippen LogP contribution in [0.3, 0.4) is 0 Å². The van der Waals surface area contributed by atoms with Gasteiger partial charge in [-0.15, -0.1) is 21.5 Å². The molecule has 2 aromatic heterocycles. The van der Waals surface area contributed by atoms with Crippen molar-refractivity contribution >= 4 is 39.8 Å². The molecule has 0 aliphatic carbocycles. The van der Waals surface area contributed by atoms with Crippen LogP contribution < -0.4 is 14.4 Å². The summed E-state index contributed by atoms with van der Waals surface area (Å²) < 4.78 is 16.5. The number of benzene rings is 2. The number of thiazole rings is 1. The normalized spacial score (nSPS) is 12.2. The number of amides is 1. The van der Waals surface area contributed by atoms with Gasteiger partial charge in [0.1, 0.15) is 0 Å². The zero-order chi connectivity index (χ0) is 22.8. The van der Waals surface area contributed by atoms with E-state index in [9.17, 15) is 4.79 Å². The molecule has 0 saturated heterocycles. The average molecular weight is 481 g/mol. The largest absolute Gasteiger partial charge is 0.454 e. The summed E-state index contributed by atoms with van der Waals surface area (Å²) >= 11 is 2.82.